The molecular formula is C21H21FN4O2S2. The van der Waals surface area contributed by atoms with Gasteiger partial charge >= 0.3 is 0 Å². The molecule has 2 heterocycles. The maximum Gasteiger partial charge on any atom is 0.280 e. The number of thiophene rings is 1. The van der Waals surface area contributed by atoms with E-state index in [-0.39, 0.29) is 17.6 Å². The number of halogens is 1. The summed E-state index contributed by atoms with van der Waals surface area (Å²) in [7, 11) is 0. The minimum Gasteiger partial charge on any atom is -0.351 e. The summed E-state index contributed by atoms with van der Waals surface area (Å²) in [5.74, 6) is -1.11. The van der Waals surface area contributed by atoms with Crippen molar-refractivity contribution in [2.75, 3.05) is 4.90 Å². The van der Waals surface area contributed by atoms with Gasteiger partial charge in [0.1, 0.15) is 5.82 Å². The van der Waals surface area contributed by atoms with Gasteiger partial charge in [-0.25, -0.2) is 4.39 Å². The van der Waals surface area contributed by atoms with E-state index in [0.29, 0.717) is 5.69 Å². The molecule has 9 heteroatoms. The average molecular weight is 445 g/mol. The molecule has 1 aliphatic carbocycles. The summed E-state index contributed by atoms with van der Waals surface area (Å²) in [5, 5.41) is 10.5. The van der Waals surface area contributed by atoms with Crippen LogP contribution < -0.4 is 10.2 Å². The van der Waals surface area contributed by atoms with Crippen molar-refractivity contribution in [3.63, 3.8) is 0 Å². The third kappa shape index (κ3) is 4.27. The van der Waals surface area contributed by atoms with E-state index in [0.717, 1.165) is 47.7 Å². The van der Waals surface area contributed by atoms with Gasteiger partial charge in [-0.2, -0.15) is 0 Å². The van der Waals surface area contributed by atoms with Gasteiger partial charge in [-0.15, -0.1) is 16.4 Å². The number of hydrogen-bond acceptors (Lipinski definition) is 6. The number of aromatic nitrogens is 2. The van der Waals surface area contributed by atoms with E-state index in [1.807, 2.05) is 18.4 Å². The van der Waals surface area contributed by atoms with E-state index in [1.54, 1.807) is 5.38 Å². The molecule has 0 bridgehead atoms. The molecule has 1 fully saturated rings. The third-order valence-electron chi connectivity index (χ3n) is 5.26. The third-order valence-corrected chi connectivity index (χ3v) is 6.84. The minimum absolute atomic E-state index is 0.103. The number of carbonyl (C=O) groups is 2. The Labute approximate surface area is 181 Å². The highest BCUT2D eigenvalue weighted by molar-refractivity contribution is 7.10. The highest BCUT2D eigenvalue weighted by Gasteiger charge is 2.37. The van der Waals surface area contributed by atoms with Crippen molar-refractivity contribution in [2.45, 2.75) is 44.7 Å². The largest absolute Gasteiger partial charge is 0.351 e. The maximum atomic E-state index is 13.6. The van der Waals surface area contributed by atoms with Crippen LogP contribution >= 0.6 is 22.9 Å². The van der Waals surface area contributed by atoms with Crippen LogP contribution in [0.15, 0.2) is 41.1 Å². The van der Waals surface area contributed by atoms with Crippen LogP contribution in [0.1, 0.15) is 52.7 Å². The van der Waals surface area contributed by atoms with Crippen LogP contribution in [-0.4, -0.2) is 27.4 Å². The lowest BCUT2D eigenvalue weighted by atomic mass is 10.1. The number of rotatable bonds is 6. The fourth-order valence-corrected chi connectivity index (χ4v) is 5.18. The van der Waals surface area contributed by atoms with Crippen LogP contribution in [-0.2, 0) is 4.79 Å². The summed E-state index contributed by atoms with van der Waals surface area (Å²) >= 11 is 2.49. The zero-order valence-electron chi connectivity index (χ0n) is 16.4. The molecule has 3 aromatic rings. The summed E-state index contributed by atoms with van der Waals surface area (Å²) < 4.78 is 17.4. The van der Waals surface area contributed by atoms with Crippen molar-refractivity contribution in [2.24, 2.45) is 0 Å². The lowest BCUT2D eigenvalue weighted by Crippen LogP contribution is -2.46. The predicted octanol–water partition coefficient (Wildman–Crippen LogP) is 4.49. The van der Waals surface area contributed by atoms with Gasteiger partial charge in [0.05, 0.1) is 0 Å². The van der Waals surface area contributed by atoms with Gasteiger partial charge in [0.15, 0.2) is 11.7 Å². The Balaban J connectivity index is 1.79. The molecule has 1 aromatic carbocycles. The summed E-state index contributed by atoms with van der Waals surface area (Å²) in [5.41, 5.74) is 1.49. The smallest absolute Gasteiger partial charge is 0.280 e. The molecule has 1 saturated carbocycles. The lowest BCUT2D eigenvalue weighted by molar-refractivity contribution is -0.123. The van der Waals surface area contributed by atoms with Crippen LogP contribution in [0, 0.1) is 12.7 Å². The fourth-order valence-electron chi connectivity index (χ4n) is 3.73. The van der Waals surface area contributed by atoms with Crippen LogP contribution in [0.5, 0.6) is 0 Å². The number of hydrogen-bond donors (Lipinski definition) is 1. The van der Waals surface area contributed by atoms with Crippen molar-refractivity contribution in [1.82, 2.24) is 14.9 Å². The summed E-state index contributed by atoms with van der Waals surface area (Å²) in [4.78, 5) is 29.1. The van der Waals surface area contributed by atoms with Gasteiger partial charge in [-0.05, 0) is 72.6 Å². The average Bonchev–Trinajstić information content (AvgIpc) is 3.50. The van der Waals surface area contributed by atoms with E-state index in [4.69, 9.17) is 0 Å². The number of carbonyl (C=O) groups excluding carboxylic acids is 2. The second-order valence-electron chi connectivity index (χ2n) is 7.30. The fraction of sp³-hybridized carbons (Fsp3) is 0.333. The number of aryl methyl sites for hydroxylation is 1. The Kier molecular flexibility index (Phi) is 6.19. The highest BCUT2D eigenvalue weighted by atomic mass is 32.1. The van der Waals surface area contributed by atoms with Crippen molar-refractivity contribution >= 4 is 40.4 Å². The number of anilines is 1. The Bertz CT molecular complexity index is 1010. The molecule has 1 aliphatic rings. The standard InChI is InChI=1S/C21H21FN4O2S2/c1-13-10-11-29-19(13)18(20(27)23-15-4-2-3-5-15)26(16-8-6-14(22)7-9-16)21(28)17-12-30-25-24-17/h6-12,15,18H,2-5H2,1H3,(H,23,27)/t18-/m1/s1. The molecule has 30 heavy (non-hydrogen) atoms. The van der Waals surface area contributed by atoms with Crippen LogP contribution in [0.25, 0.3) is 0 Å². The molecule has 1 atom stereocenters. The monoisotopic (exact) mass is 444 g/mol. The molecule has 4 rings (SSSR count). The molecular weight excluding hydrogens is 423 g/mol. The van der Waals surface area contributed by atoms with Crippen LogP contribution in [0.4, 0.5) is 10.1 Å². The molecule has 0 saturated heterocycles. The number of nitrogens with one attached hydrogen (secondary N) is 1. The Morgan fingerprint density at radius 1 is 1.20 bits per heavy atom. The number of benzene rings is 1. The molecule has 0 aliphatic heterocycles. The zero-order valence-corrected chi connectivity index (χ0v) is 18.0. The van der Waals surface area contributed by atoms with Crippen molar-refractivity contribution < 1.29 is 14.0 Å². The predicted molar refractivity (Wildman–Crippen MR) is 115 cm³/mol. The summed E-state index contributed by atoms with van der Waals surface area (Å²) in [6.07, 6.45) is 4.03. The maximum absolute atomic E-state index is 13.6. The molecule has 156 valence electrons. The van der Waals surface area contributed by atoms with Gasteiger partial charge in [-0.3, -0.25) is 14.5 Å². The lowest BCUT2D eigenvalue weighted by Gasteiger charge is -2.31. The first-order valence-corrected chi connectivity index (χ1v) is 11.5. The highest BCUT2D eigenvalue weighted by Crippen LogP contribution is 2.35. The van der Waals surface area contributed by atoms with E-state index in [2.05, 4.69) is 14.9 Å². The first kappa shape index (κ1) is 20.6. The van der Waals surface area contributed by atoms with E-state index in [1.165, 1.54) is 40.5 Å². The molecule has 0 spiro atoms. The van der Waals surface area contributed by atoms with Gasteiger partial charge in [-0.1, -0.05) is 17.3 Å². The Morgan fingerprint density at radius 2 is 1.93 bits per heavy atom. The number of amides is 2. The van der Waals surface area contributed by atoms with E-state index in [9.17, 15) is 14.0 Å². The van der Waals surface area contributed by atoms with E-state index < -0.39 is 17.8 Å². The molecule has 0 unspecified atom stereocenters. The van der Waals surface area contributed by atoms with Gasteiger partial charge in [0.25, 0.3) is 5.91 Å². The van der Waals surface area contributed by atoms with E-state index >= 15 is 0 Å². The van der Waals surface area contributed by atoms with Crippen LogP contribution in [0.3, 0.4) is 0 Å². The zero-order chi connectivity index (χ0) is 21.1. The second-order valence-corrected chi connectivity index (χ2v) is 8.86. The number of nitrogens with zero attached hydrogens (tertiary/aromatic N) is 3. The van der Waals surface area contributed by atoms with Crippen molar-refractivity contribution in [1.29, 1.82) is 0 Å². The van der Waals surface area contributed by atoms with Gasteiger partial charge in [0, 0.05) is 22.0 Å². The molecule has 6 nitrogen and oxygen atoms in total. The molecule has 1 N–H and O–H groups in total. The molecule has 2 amide bonds. The Morgan fingerprint density at radius 3 is 2.53 bits per heavy atom. The quantitative estimate of drug-likeness (QED) is 0.608. The van der Waals surface area contributed by atoms with Gasteiger partial charge < -0.3 is 5.32 Å². The van der Waals surface area contributed by atoms with Crippen molar-refractivity contribution in [3.8, 4) is 0 Å². The van der Waals surface area contributed by atoms with Crippen molar-refractivity contribution in [3.05, 3.63) is 63.0 Å². The normalized spacial score (nSPS) is 15.1. The van der Waals surface area contributed by atoms with Gasteiger partial charge in [0.2, 0.25) is 5.91 Å². The molecule has 0 radical (unpaired) electrons. The summed E-state index contributed by atoms with van der Waals surface area (Å²) in [6.45, 7) is 1.92. The molecule has 2 aromatic heterocycles. The minimum atomic E-state index is -0.884. The first-order valence-electron chi connectivity index (χ1n) is 9.75. The Hall–Kier alpha value is -2.65. The second kappa shape index (κ2) is 9.01. The summed E-state index contributed by atoms with van der Waals surface area (Å²) in [6, 6.07) is 6.71. The SMILES string of the molecule is Cc1ccsc1[C@H](C(=O)NC1CCCC1)N(C(=O)c1csnn1)c1ccc(F)cc1. The first-order chi connectivity index (χ1) is 14.5. The van der Waals surface area contributed by atoms with Crippen LogP contribution in [0.2, 0.25) is 0 Å². The topological polar surface area (TPSA) is 75.2 Å².